The van der Waals surface area contributed by atoms with E-state index in [-0.39, 0.29) is 11.9 Å². The van der Waals surface area contributed by atoms with Gasteiger partial charge in [0.2, 0.25) is 0 Å². The number of ether oxygens (including phenoxy) is 1. The molecular weight excluding hydrogens is 241 g/mol. The van der Waals surface area contributed by atoms with Crippen LogP contribution in [-0.4, -0.2) is 6.10 Å². The van der Waals surface area contributed by atoms with Gasteiger partial charge in [0.15, 0.2) is 0 Å². The molecule has 0 amide bonds. The van der Waals surface area contributed by atoms with E-state index in [0.717, 1.165) is 11.1 Å². The monoisotopic (exact) mass is 255 g/mol. The molecule has 0 heterocycles. The molecule has 0 aliphatic heterocycles. The Bertz CT molecular complexity index is 612. The summed E-state index contributed by atoms with van der Waals surface area (Å²) in [6.07, 6.45) is 0.0174. The molecule has 2 aromatic carbocycles. The van der Waals surface area contributed by atoms with Gasteiger partial charge in [-0.05, 0) is 49.2 Å². The fourth-order valence-corrected chi connectivity index (χ4v) is 1.80. The quantitative estimate of drug-likeness (QED) is 0.825. The second-order valence-corrected chi connectivity index (χ2v) is 4.50. The average molecular weight is 255 g/mol. The molecule has 3 heteroatoms. The first-order chi connectivity index (χ1) is 9.10. The molecule has 0 spiro atoms. The predicted molar refractivity (Wildman–Crippen MR) is 72.3 cm³/mol. The number of benzene rings is 2. The number of hydrogen-bond acceptors (Lipinski definition) is 2. The second-order valence-electron chi connectivity index (χ2n) is 4.50. The molecule has 2 nitrogen and oxygen atoms in total. The molecule has 0 fully saturated rings. The lowest BCUT2D eigenvalue weighted by Gasteiger charge is -2.12. The third kappa shape index (κ3) is 3.11. The maximum absolute atomic E-state index is 12.9. The van der Waals surface area contributed by atoms with E-state index in [2.05, 4.69) is 6.07 Å². The van der Waals surface area contributed by atoms with E-state index >= 15 is 0 Å². The molecule has 19 heavy (non-hydrogen) atoms. The molecule has 0 radical (unpaired) electrons. The Labute approximate surface area is 112 Å². The van der Waals surface area contributed by atoms with Gasteiger partial charge in [-0.15, -0.1) is 0 Å². The Balaban J connectivity index is 2.39. The van der Waals surface area contributed by atoms with Crippen molar-refractivity contribution in [2.75, 3.05) is 0 Å². The van der Waals surface area contributed by atoms with Crippen LogP contribution in [0.25, 0.3) is 11.1 Å². The summed E-state index contributed by atoms with van der Waals surface area (Å²) in [7, 11) is 0. The van der Waals surface area contributed by atoms with Gasteiger partial charge in [-0.25, -0.2) is 4.39 Å². The van der Waals surface area contributed by atoms with Gasteiger partial charge in [0.1, 0.15) is 17.6 Å². The van der Waals surface area contributed by atoms with Crippen LogP contribution in [0.1, 0.15) is 19.4 Å². The molecule has 0 aliphatic carbocycles. The number of hydrogen-bond donors (Lipinski definition) is 0. The van der Waals surface area contributed by atoms with E-state index < -0.39 is 0 Å². The van der Waals surface area contributed by atoms with Crippen molar-refractivity contribution in [2.24, 2.45) is 0 Å². The minimum Gasteiger partial charge on any atom is -0.490 e. The maximum Gasteiger partial charge on any atom is 0.137 e. The lowest BCUT2D eigenvalue weighted by molar-refractivity contribution is 0.242. The zero-order valence-corrected chi connectivity index (χ0v) is 10.9. The summed E-state index contributed by atoms with van der Waals surface area (Å²) in [5, 5.41) is 9.16. The minimum atomic E-state index is -0.274. The Kier molecular flexibility index (Phi) is 3.82. The highest BCUT2D eigenvalue weighted by Gasteiger charge is 2.07. The normalized spacial score (nSPS) is 10.3. The van der Waals surface area contributed by atoms with Crippen LogP contribution in [0.15, 0.2) is 42.5 Å². The molecule has 0 saturated carbocycles. The van der Waals surface area contributed by atoms with Gasteiger partial charge in [-0.2, -0.15) is 5.26 Å². The van der Waals surface area contributed by atoms with Crippen molar-refractivity contribution in [3.63, 3.8) is 0 Å². The Morgan fingerprint density at radius 3 is 2.26 bits per heavy atom. The molecule has 2 rings (SSSR count). The minimum absolute atomic E-state index is 0.0174. The van der Waals surface area contributed by atoms with Crippen LogP contribution < -0.4 is 4.74 Å². The largest absolute Gasteiger partial charge is 0.490 e. The van der Waals surface area contributed by atoms with E-state index in [4.69, 9.17) is 10.00 Å². The zero-order valence-electron chi connectivity index (χ0n) is 10.9. The topological polar surface area (TPSA) is 33.0 Å². The summed E-state index contributed by atoms with van der Waals surface area (Å²) in [6, 6.07) is 13.7. The van der Waals surface area contributed by atoms with Crippen LogP contribution in [0.5, 0.6) is 5.75 Å². The van der Waals surface area contributed by atoms with Crippen LogP contribution in [0.3, 0.4) is 0 Å². The van der Waals surface area contributed by atoms with E-state index in [1.807, 2.05) is 19.9 Å². The second kappa shape index (κ2) is 5.53. The van der Waals surface area contributed by atoms with Gasteiger partial charge >= 0.3 is 0 Å². The fraction of sp³-hybridized carbons (Fsp3) is 0.188. The first-order valence-electron chi connectivity index (χ1n) is 6.07. The molecule has 0 saturated heterocycles. The highest BCUT2D eigenvalue weighted by Crippen LogP contribution is 2.27. The summed E-state index contributed by atoms with van der Waals surface area (Å²) in [4.78, 5) is 0. The van der Waals surface area contributed by atoms with Crippen molar-refractivity contribution in [1.29, 1.82) is 5.26 Å². The Morgan fingerprint density at radius 2 is 1.68 bits per heavy atom. The lowest BCUT2D eigenvalue weighted by atomic mass is 10.0. The van der Waals surface area contributed by atoms with Crippen LogP contribution in [0.2, 0.25) is 0 Å². The van der Waals surface area contributed by atoms with Crippen LogP contribution in [0.4, 0.5) is 4.39 Å². The van der Waals surface area contributed by atoms with Crippen molar-refractivity contribution in [2.45, 2.75) is 20.0 Å². The molecule has 0 aromatic heterocycles. The summed E-state index contributed by atoms with van der Waals surface area (Å²) >= 11 is 0. The standard InChI is InChI=1S/C16H14FNO/c1-11(2)19-16-8-5-13(9-14(16)10-18)12-3-6-15(17)7-4-12/h3-9,11H,1-2H3. The summed E-state index contributed by atoms with van der Waals surface area (Å²) in [5.74, 6) is 0.298. The van der Waals surface area contributed by atoms with Gasteiger partial charge in [0.25, 0.3) is 0 Å². The lowest BCUT2D eigenvalue weighted by Crippen LogP contribution is -2.06. The fourth-order valence-electron chi connectivity index (χ4n) is 1.80. The highest BCUT2D eigenvalue weighted by molar-refractivity contribution is 5.67. The number of nitrogens with zero attached hydrogens (tertiary/aromatic N) is 1. The van der Waals surface area contributed by atoms with E-state index in [9.17, 15) is 4.39 Å². The highest BCUT2D eigenvalue weighted by atomic mass is 19.1. The van der Waals surface area contributed by atoms with Gasteiger partial charge in [0, 0.05) is 0 Å². The SMILES string of the molecule is CC(C)Oc1ccc(-c2ccc(F)cc2)cc1C#N. The first kappa shape index (κ1) is 13.1. The van der Waals surface area contributed by atoms with Crippen LogP contribution in [-0.2, 0) is 0 Å². The number of halogens is 1. The Hall–Kier alpha value is -2.34. The summed E-state index contributed by atoms with van der Waals surface area (Å²) < 4.78 is 18.4. The average Bonchev–Trinajstić information content (AvgIpc) is 2.39. The molecular formula is C16H14FNO. The van der Waals surface area contributed by atoms with Crippen molar-refractivity contribution in [1.82, 2.24) is 0 Å². The van der Waals surface area contributed by atoms with Gasteiger partial charge in [0.05, 0.1) is 11.7 Å². The number of nitriles is 1. The van der Waals surface area contributed by atoms with E-state index in [0.29, 0.717) is 11.3 Å². The summed E-state index contributed by atoms with van der Waals surface area (Å²) in [6.45, 7) is 3.82. The van der Waals surface area contributed by atoms with Gasteiger partial charge < -0.3 is 4.74 Å². The summed E-state index contributed by atoms with van der Waals surface area (Å²) in [5.41, 5.74) is 2.22. The maximum atomic E-state index is 12.9. The third-order valence-corrected chi connectivity index (χ3v) is 2.64. The number of rotatable bonds is 3. The molecule has 0 aliphatic rings. The Morgan fingerprint density at radius 1 is 1.05 bits per heavy atom. The zero-order chi connectivity index (χ0) is 13.8. The third-order valence-electron chi connectivity index (χ3n) is 2.64. The molecule has 0 bridgehead atoms. The van der Waals surface area contributed by atoms with Gasteiger partial charge in [-0.1, -0.05) is 18.2 Å². The first-order valence-corrected chi connectivity index (χ1v) is 6.07. The predicted octanol–water partition coefficient (Wildman–Crippen LogP) is 4.15. The van der Waals surface area contributed by atoms with Crippen LogP contribution in [0, 0.1) is 17.1 Å². The van der Waals surface area contributed by atoms with Crippen LogP contribution >= 0.6 is 0 Å². The molecule has 0 N–H and O–H groups in total. The molecule has 96 valence electrons. The molecule has 0 atom stereocenters. The smallest absolute Gasteiger partial charge is 0.137 e. The van der Waals surface area contributed by atoms with Crippen molar-refractivity contribution in [3.8, 4) is 22.9 Å². The van der Waals surface area contributed by atoms with E-state index in [1.165, 1.54) is 12.1 Å². The van der Waals surface area contributed by atoms with Crippen molar-refractivity contribution in [3.05, 3.63) is 53.8 Å². The van der Waals surface area contributed by atoms with E-state index in [1.54, 1.807) is 24.3 Å². The van der Waals surface area contributed by atoms with Crippen molar-refractivity contribution >= 4 is 0 Å². The molecule has 0 unspecified atom stereocenters. The molecule has 2 aromatic rings. The van der Waals surface area contributed by atoms with Crippen molar-refractivity contribution < 1.29 is 9.13 Å². The van der Waals surface area contributed by atoms with Gasteiger partial charge in [-0.3, -0.25) is 0 Å².